The molecule has 0 saturated carbocycles. The molecule has 3 N–H and O–H groups in total. The predicted octanol–water partition coefficient (Wildman–Crippen LogP) is 3.94. The number of rotatable bonds is 7. The van der Waals surface area contributed by atoms with Crippen molar-refractivity contribution in [1.29, 1.82) is 0 Å². The molecule has 0 aromatic heterocycles. The molecule has 0 saturated heterocycles. The molecule has 0 heterocycles. The van der Waals surface area contributed by atoms with E-state index in [0.717, 1.165) is 20.8 Å². The Kier molecular flexibility index (Phi) is 6.85. The Morgan fingerprint density at radius 3 is 2.17 bits per heavy atom. The van der Waals surface area contributed by atoms with Crippen LogP contribution in [-0.2, 0) is 24.8 Å². The van der Waals surface area contributed by atoms with Crippen molar-refractivity contribution in [1.82, 2.24) is 0 Å². The van der Waals surface area contributed by atoms with Crippen LogP contribution in [0.2, 0.25) is 0 Å². The number of hydrogen-bond donors (Lipinski definition) is 2. The fourth-order valence-electron chi connectivity index (χ4n) is 3.90. The first kappa shape index (κ1) is 25.4. The predicted molar refractivity (Wildman–Crippen MR) is 141 cm³/mol. The van der Waals surface area contributed by atoms with Crippen LogP contribution in [0.4, 0.5) is 11.4 Å². The minimum atomic E-state index is -4.16. The van der Waals surface area contributed by atoms with Gasteiger partial charge in [-0.2, -0.15) is 0 Å². The van der Waals surface area contributed by atoms with Gasteiger partial charge in [0.1, 0.15) is 6.54 Å². The molecule has 0 radical (unpaired) electrons. The number of benzene rings is 4. The van der Waals surface area contributed by atoms with Crippen LogP contribution in [-0.4, -0.2) is 29.3 Å². The van der Waals surface area contributed by atoms with Crippen molar-refractivity contribution in [2.75, 3.05) is 16.2 Å². The Hall–Kier alpha value is -3.73. The van der Waals surface area contributed by atoms with Gasteiger partial charge in [0, 0.05) is 11.1 Å². The zero-order chi connectivity index (χ0) is 26.1. The molecular weight excluding hydrogens is 498 g/mol. The van der Waals surface area contributed by atoms with E-state index in [1.807, 2.05) is 31.2 Å². The van der Waals surface area contributed by atoms with E-state index in [2.05, 4.69) is 5.32 Å². The van der Waals surface area contributed by atoms with Gasteiger partial charge in [0.25, 0.3) is 10.0 Å². The maximum atomic E-state index is 14.0. The lowest BCUT2D eigenvalue weighted by atomic mass is 10.1. The van der Waals surface area contributed by atoms with Crippen LogP contribution >= 0.6 is 0 Å². The fraction of sp³-hybridized carbons (Fsp3) is 0.115. The summed E-state index contributed by atoms with van der Waals surface area (Å²) in [6, 6.07) is 22.8. The number of hydrogen-bond acceptors (Lipinski definition) is 5. The van der Waals surface area contributed by atoms with Crippen LogP contribution in [0, 0.1) is 13.8 Å². The molecule has 0 aliphatic carbocycles. The number of nitrogens with zero attached hydrogens (tertiary/aromatic N) is 1. The average Bonchev–Trinajstić information content (AvgIpc) is 2.84. The minimum absolute atomic E-state index is 0.0896. The van der Waals surface area contributed by atoms with Crippen molar-refractivity contribution in [2.45, 2.75) is 23.6 Å². The summed E-state index contributed by atoms with van der Waals surface area (Å²) in [4.78, 5) is 13.0. The first-order valence-electron chi connectivity index (χ1n) is 11.0. The monoisotopic (exact) mass is 523 g/mol. The van der Waals surface area contributed by atoms with E-state index < -0.39 is 32.5 Å². The molecule has 0 atom stereocenters. The van der Waals surface area contributed by atoms with Crippen molar-refractivity contribution in [2.24, 2.45) is 5.14 Å². The van der Waals surface area contributed by atoms with Crippen molar-refractivity contribution in [3.63, 3.8) is 0 Å². The SMILES string of the molecule is Cc1cccc(N(CC(=O)Nc2ccc(S(N)(=O)=O)cc2)S(=O)(=O)c2cccc3ccccc23)c1C. The molecule has 0 bridgehead atoms. The largest absolute Gasteiger partial charge is 0.325 e. The lowest BCUT2D eigenvalue weighted by molar-refractivity contribution is -0.114. The zero-order valence-electron chi connectivity index (χ0n) is 19.7. The highest BCUT2D eigenvalue weighted by Gasteiger charge is 2.30. The van der Waals surface area contributed by atoms with Gasteiger partial charge in [-0.3, -0.25) is 9.10 Å². The number of carbonyl (C=O) groups excluding carboxylic acids is 1. The topological polar surface area (TPSA) is 127 Å². The summed E-state index contributed by atoms with van der Waals surface area (Å²) in [5.74, 6) is -0.594. The molecule has 4 rings (SSSR count). The Labute approximate surface area is 210 Å². The van der Waals surface area contributed by atoms with Gasteiger partial charge in [-0.1, -0.05) is 48.5 Å². The van der Waals surface area contributed by atoms with Gasteiger partial charge in [0.05, 0.1) is 15.5 Å². The van der Waals surface area contributed by atoms with E-state index in [1.54, 1.807) is 37.3 Å². The number of anilines is 2. The minimum Gasteiger partial charge on any atom is -0.325 e. The molecule has 186 valence electrons. The molecule has 0 unspecified atom stereocenters. The molecule has 10 heteroatoms. The number of sulfonamides is 2. The lowest BCUT2D eigenvalue weighted by Gasteiger charge is -2.27. The normalized spacial score (nSPS) is 11.9. The highest BCUT2D eigenvalue weighted by molar-refractivity contribution is 7.93. The second-order valence-corrected chi connectivity index (χ2v) is 11.7. The molecule has 0 aliphatic rings. The molecule has 4 aromatic carbocycles. The third-order valence-corrected chi connectivity index (χ3v) is 8.66. The Balaban J connectivity index is 1.74. The summed E-state index contributed by atoms with van der Waals surface area (Å²) in [5.41, 5.74) is 2.30. The number of amides is 1. The van der Waals surface area contributed by atoms with Crippen molar-refractivity contribution in [3.05, 3.63) is 96.1 Å². The van der Waals surface area contributed by atoms with Gasteiger partial charge in [-0.25, -0.2) is 22.0 Å². The van der Waals surface area contributed by atoms with Gasteiger partial charge in [-0.05, 0) is 66.8 Å². The Bertz CT molecular complexity index is 1660. The highest BCUT2D eigenvalue weighted by atomic mass is 32.2. The zero-order valence-corrected chi connectivity index (χ0v) is 21.3. The summed E-state index contributed by atoms with van der Waals surface area (Å²) < 4.78 is 52.1. The number of nitrogens with one attached hydrogen (secondary N) is 1. The first-order chi connectivity index (χ1) is 17.0. The smallest absolute Gasteiger partial charge is 0.265 e. The van der Waals surface area contributed by atoms with Crippen molar-refractivity contribution in [3.8, 4) is 0 Å². The van der Waals surface area contributed by atoms with Crippen LogP contribution in [0.5, 0.6) is 0 Å². The molecular formula is C26H25N3O5S2. The average molecular weight is 524 g/mol. The van der Waals surface area contributed by atoms with Crippen LogP contribution < -0.4 is 14.8 Å². The second-order valence-electron chi connectivity index (χ2n) is 8.33. The molecule has 8 nitrogen and oxygen atoms in total. The lowest BCUT2D eigenvalue weighted by Crippen LogP contribution is -2.38. The highest BCUT2D eigenvalue weighted by Crippen LogP contribution is 2.32. The number of fused-ring (bicyclic) bond motifs is 1. The van der Waals surface area contributed by atoms with E-state index in [1.165, 1.54) is 30.3 Å². The standard InChI is InChI=1S/C26H25N3O5S2/c1-18-7-5-11-24(19(18)2)29(17-26(30)28-21-13-15-22(16-14-21)35(27,31)32)36(33,34)25-12-6-9-20-8-3-4-10-23(20)25/h3-16H,17H2,1-2H3,(H,28,30)(H2,27,31,32). The van der Waals surface area contributed by atoms with Gasteiger partial charge in [-0.15, -0.1) is 0 Å². The summed E-state index contributed by atoms with van der Waals surface area (Å²) >= 11 is 0. The molecule has 1 amide bonds. The fourth-order valence-corrected chi connectivity index (χ4v) is 6.11. The van der Waals surface area contributed by atoms with Crippen molar-refractivity contribution < 1.29 is 21.6 Å². The maximum absolute atomic E-state index is 14.0. The molecule has 0 fully saturated rings. The van der Waals surface area contributed by atoms with E-state index in [0.29, 0.717) is 16.8 Å². The Morgan fingerprint density at radius 1 is 0.833 bits per heavy atom. The summed E-state index contributed by atoms with van der Waals surface area (Å²) in [6.07, 6.45) is 0. The van der Waals surface area contributed by atoms with Gasteiger partial charge < -0.3 is 5.32 Å². The molecule has 0 spiro atoms. The summed E-state index contributed by atoms with van der Waals surface area (Å²) in [7, 11) is -8.04. The molecule has 4 aromatic rings. The van der Waals surface area contributed by atoms with Gasteiger partial charge in [0.15, 0.2) is 0 Å². The van der Waals surface area contributed by atoms with Crippen LogP contribution in [0.1, 0.15) is 11.1 Å². The van der Waals surface area contributed by atoms with Gasteiger partial charge >= 0.3 is 0 Å². The van der Waals surface area contributed by atoms with E-state index in [-0.39, 0.29) is 9.79 Å². The Morgan fingerprint density at radius 2 is 1.47 bits per heavy atom. The van der Waals surface area contributed by atoms with Crippen LogP contribution in [0.15, 0.2) is 94.7 Å². The summed E-state index contributed by atoms with van der Waals surface area (Å²) in [5, 5.41) is 9.07. The molecule has 0 aliphatic heterocycles. The van der Waals surface area contributed by atoms with Crippen LogP contribution in [0.25, 0.3) is 10.8 Å². The third kappa shape index (κ3) is 5.11. The number of aryl methyl sites for hydroxylation is 1. The van der Waals surface area contributed by atoms with E-state index >= 15 is 0 Å². The first-order valence-corrected chi connectivity index (χ1v) is 14.0. The van der Waals surface area contributed by atoms with Crippen molar-refractivity contribution >= 4 is 48.1 Å². The molecule has 36 heavy (non-hydrogen) atoms. The van der Waals surface area contributed by atoms with E-state index in [9.17, 15) is 21.6 Å². The number of carbonyl (C=O) groups is 1. The maximum Gasteiger partial charge on any atom is 0.265 e. The van der Waals surface area contributed by atoms with E-state index in [4.69, 9.17) is 5.14 Å². The van der Waals surface area contributed by atoms with Crippen LogP contribution in [0.3, 0.4) is 0 Å². The second kappa shape index (κ2) is 9.73. The van der Waals surface area contributed by atoms with Gasteiger partial charge in [0.2, 0.25) is 15.9 Å². The number of nitrogens with two attached hydrogens (primary N) is 1. The summed E-state index contributed by atoms with van der Waals surface area (Å²) in [6.45, 7) is 3.18. The third-order valence-electron chi connectivity index (χ3n) is 5.92. The number of primary sulfonamides is 1. The quantitative estimate of drug-likeness (QED) is 0.379.